The number of hydrogen-bond donors (Lipinski definition) is 0. The molecular weight excluding hydrogens is 472 g/mol. The lowest BCUT2D eigenvalue weighted by Crippen LogP contribution is -2.41. The fourth-order valence-electron chi connectivity index (χ4n) is 2.93. The van der Waals surface area contributed by atoms with E-state index in [2.05, 4.69) is 22.6 Å². The number of ether oxygens (including phenoxy) is 1. The van der Waals surface area contributed by atoms with Crippen LogP contribution < -0.4 is 10.2 Å². The highest BCUT2D eigenvalue weighted by Gasteiger charge is 2.52. The van der Waals surface area contributed by atoms with Gasteiger partial charge < -0.3 is 14.0 Å². The molecule has 1 heterocycles. The number of rotatable bonds is 5. The molecule has 0 N–H and O–H groups in total. The highest BCUT2D eigenvalue weighted by atomic mass is 127. The average molecular weight is 495 g/mol. The zero-order valence-corrected chi connectivity index (χ0v) is 18.8. The minimum Gasteiger partial charge on any atom is -0.488 e. The van der Waals surface area contributed by atoms with E-state index in [1.165, 1.54) is 12.1 Å². The van der Waals surface area contributed by atoms with Crippen molar-refractivity contribution in [2.75, 3.05) is 0 Å². The molecular formula is C20H23BINO5. The number of nitro groups is 1. The van der Waals surface area contributed by atoms with Gasteiger partial charge in [-0.15, -0.1) is 0 Å². The molecule has 0 radical (unpaired) electrons. The Labute approximate surface area is 179 Å². The zero-order chi connectivity index (χ0) is 20.7. The summed E-state index contributed by atoms with van der Waals surface area (Å²) in [5, 5.41) is 11.0. The lowest BCUT2D eigenvalue weighted by Gasteiger charge is -2.32. The Morgan fingerprint density at radius 1 is 1.11 bits per heavy atom. The van der Waals surface area contributed by atoms with Gasteiger partial charge >= 0.3 is 7.12 Å². The maximum atomic E-state index is 11.0. The molecule has 1 saturated heterocycles. The molecule has 8 heteroatoms. The van der Waals surface area contributed by atoms with Gasteiger partial charge in [-0.3, -0.25) is 10.1 Å². The third-order valence-corrected chi connectivity index (χ3v) is 6.21. The first-order chi connectivity index (χ1) is 13.0. The SMILES string of the molecule is Cc1ccc(B2OC(C)(C)C(C)(C)O2)c(COc2cc([N+](=O)[O-])ccc2I)c1. The molecule has 1 aliphatic rings. The fraction of sp³-hybridized carbons (Fsp3) is 0.400. The van der Waals surface area contributed by atoms with Crippen molar-refractivity contribution in [3.05, 3.63) is 61.2 Å². The van der Waals surface area contributed by atoms with Crippen LogP contribution in [0, 0.1) is 20.6 Å². The summed E-state index contributed by atoms with van der Waals surface area (Å²) in [5.74, 6) is 0.483. The smallest absolute Gasteiger partial charge is 0.488 e. The quantitative estimate of drug-likeness (QED) is 0.267. The summed E-state index contributed by atoms with van der Waals surface area (Å²) in [5.41, 5.74) is 2.07. The van der Waals surface area contributed by atoms with Crippen molar-refractivity contribution >= 4 is 40.9 Å². The molecule has 3 rings (SSSR count). The Balaban J connectivity index is 1.87. The molecule has 2 aromatic rings. The first-order valence-corrected chi connectivity index (χ1v) is 10.1. The van der Waals surface area contributed by atoms with E-state index in [4.69, 9.17) is 14.0 Å². The van der Waals surface area contributed by atoms with Crippen molar-refractivity contribution < 1.29 is 19.0 Å². The summed E-state index contributed by atoms with van der Waals surface area (Å²) in [6, 6.07) is 10.6. The normalized spacial score (nSPS) is 17.6. The van der Waals surface area contributed by atoms with E-state index in [9.17, 15) is 10.1 Å². The zero-order valence-electron chi connectivity index (χ0n) is 16.6. The Morgan fingerprint density at radius 3 is 2.36 bits per heavy atom. The van der Waals surface area contributed by atoms with Gasteiger partial charge in [0.2, 0.25) is 0 Å². The first-order valence-electron chi connectivity index (χ1n) is 9.02. The van der Waals surface area contributed by atoms with Crippen LogP contribution in [0.3, 0.4) is 0 Å². The van der Waals surface area contributed by atoms with Crippen LogP contribution in [0.25, 0.3) is 0 Å². The van der Waals surface area contributed by atoms with Crippen molar-refractivity contribution in [3.63, 3.8) is 0 Å². The lowest BCUT2D eigenvalue weighted by atomic mass is 9.75. The van der Waals surface area contributed by atoms with Gasteiger partial charge in [-0.2, -0.15) is 0 Å². The molecule has 0 bridgehead atoms. The number of non-ortho nitro benzene ring substituents is 1. The molecule has 6 nitrogen and oxygen atoms in total. The summed E-state index contributed by atoms with van der Waals surface area (Å²) in [6.45, 7) is 10.3. The van der Waals surface area contributed by atoms with Crippen LogP contribution in [0.2, 0.25) is 0 Å². The van der Waals surface area contributed by atoms with Gasteiger partial charge in [-0.25, -0.2) is 0 Å². The Morgan fingerprint density at radius 2 is 1.75 bits per heavy atom. The van der Waals surface area contributed by atoms with Gasteiger partial charge in [0.1, 0.15) is 12.4 Å². The van der Waals surface area contributed by atoms with Crippen LogP contribution in [0.1, 0.15) is 38.8 Å². The highest BCUT2D eigenvalue weighted by molar-refractivity contribution is 14.1. The van der Waals surface area contributed by atoms with Crippen LogP contribution in [0.15, 0.2) is 36.4 Å². The van der Waals surface area contributed by atoms with E-state index >= 15 is 0 Å². The third-order valence-electron chi connectivity index (χ3n) is 5.31. The predicted molar refractivity (Wildman–Crippen MR) is 117 cm³/mol. The van der Waals surface area contributed by atoms with E-state index in [0.29, 0.717) is 5.75 Å². The van der Waals surface area contributed by atoms with Gasteiger partial charge in [0.25, 0.3) is 5.69 Å². The second-order valence-corrected chi connectivity index (χ2v) is 9.11. The summed E-state index contributed by atoms with van der Waals surface area (Å²) in [4.78, 5) is 10.6. The van der Waals surface area contributed by atoms with E-state index < -0.39 is 23.2 Å². The standard InChI is InChI=1S/C20H23BINO5/c1-13-6-8-16(21-27-19(2,3)20(4,5)28-21)14(10-13)12-26-18-11-15(23(24)25)7-9-17(18)22/h6-11H,12H2,1-5H3. The molecule has 28 heavy (non-hydrogen) atoms. The molecule has 2 aromatic carbocycles. The van der Waals surface area contributed by atoms with Gasteiger partial charge in [0.15, 0.2) is 0 Å². The van der Waals surface area contributed by atoms with Crippen LogP contribution >= 0.6 is 22.6 Å². The largest absolute Gasteiger partial charge is 0.495 e. The Bertz CT molecular complexity index is 899. The van der Waals surface area contributed by atoms with Gasteiger partial charge in [0, 0.05) is 6.07 Å². The Kier molecular flexibility index (Phi) is 5.75. The molecule has 0 unspecified atom stereocenters. The van der Waals surface area contributed by atoms with Gasteiger partial charge in [-0.05, 0) is 74.3 Å². The number of benzene rings is 2. The van der Waals surface area contributed by atoms with Gasteiger partial charge in [-0.1, -0.05) is 23.8 Å². The molecule has 0 saturated carbocycles. The topological polar surface area (TPSA) is 70.8 Å². The first kappa shape index (κ1) is 21.1. The second-order valence-electron chi connectivity index (χ2n) is 7.95. The molecule has 0 aromatic heterocycles. The maximum Gasteiger partial charge on any atom is 0.495 e. The minimum absolute atomic E-state index is 0.00541. The Hall–Kier alpha value is -1.65. The monoisotopic (exact) mass is 495 g/mol. The summed E-state index contributed by atoms with van der Waals surface area (Å²) < 4.78 is 19.1. The van der Waals surface area contributed by atoms with Crippen molar-refractivity contribution in [1.29, 1.82) is 0 Å². The molecule has 0 aliphatic carbocycles. The third kappa shape index (κ3) is 4.18. The fourth-order valence-corrected chi connectivity index (χ4v) is 3.42. The maximum absolute atomic E-state index is 11.0. The summed E-state index contributed by atoms with van der Waals surface area (Å²) in [7, 11) is -0.492. The van der Waals surface area contributed by atoms with E-state index in [1.54, 1.807) is 6.07 Å². The van der Waals surface area contributed by atoms with E-state index in [-0.39, 0.29) is 12.3 Å². The average Bonchev–Trinajstić information content (AvgIpc) is 2.81. The molecule has 0 atom stereocenters. The van der Waals surface area contributed by atoms with E-state index in [0.717, 1.165) is 20.2 Å². The highest BCUT2D eigenvalue weighted by Crippen LogP contribution is 2.37. The van der Waals surface area contributed by atoms with Crippen molar-refractivity contribution in [3.8, 4) is 5.75 Å². The molecule has 1 aliphatic heterocycles. The van der Waals surface area contributed by atoms with E-state index in [1.807, 2.05) is 52.8 Å². The van der Waals surface area contributed by atoms with Crippen LogP contribution in [0.4, 0.5) is 5.69 Å². The number of halogens is 1. The molecule has 1 fully saturated rings. The number of nitrogens with zero attached hydrogens (tertiary/aromatic N) is 1. The van der Waals surface area contributed by atoms with Crippen molar-refractivity contribution in [1.82, 2.24) is 0 Å². The minimum atomic E-state index is -0.492. The number of nitro benzene ring substituents is 1. The summed E-state index contributed by atoms with van der Waals surface area (Å²) >= 11 is 2.11. The molecule has 0 spiro atoms. The van der Waals surface area contributed by atoms with Crippen molar-refractivity contribution in [2.45, 2.75) is 52.4 Å². The van der Waals surface area contributed by atoms with Crippen LogP contribution in [0.5, 0.6) is 5.75 Å². The molecule has 148 valence electrons. The summed E-state index contributed by atoms with van der Waals surface area (Å²) in [6.07, 6.45) is 0. The van der Waals surface area contributed by atoms with Crippen LogP contribution in [-0.2, 0) is 15.9 Å². The number of aryl methyl sites for hydroxylation is 1. The predicted octanol–water partition coefficient (Wildman–Crippen LogP) is 4.39. The van der Waals surface area contributed by atoms with Gasteiger partial charge in [0.05, 0.1) is 25.8 Å². The van der Waals surface area contributed by atoms with Crippen molar-refractivity contribution in [2.24, 2.45) is 0 Å². The van der Waals surface area contributed by atoms with Crippen LogP contribution in [-0.4, -0.2) is 23.2 Å². The molecule has 0 amide bonds. The lowest BCUT2D eigenvalue weighted by molar-refractivity contribution is -0.385. The number of hydrogen-bond acceptors (Lipinski definition) is 5. The second kappa shape index (κ2) is 7.64.